The highest BCUT2D eigenvalue weighted by Crippen LogP contribution is 2.16. The molecule has 1 atom stereocenters. The number of carbonyl (C=O) groups excluding carboxylic acids is 1. The third kappa shape index (κ3) is 1.82. The largest absolute Gasteiger partial charge is 0.383 e. The lowest BCUT2D eigenvalue weighted by molar-refractivity contribution is -0.125. The summed E-state index contributed by atoms with van der Waals surface area (Å²) in [5.74, 6) is -0.199. The van der Waals surface area contributed by atoms with E-state index in [0.29, 0.717) is 6.61 Å². The minimum absolute atomic E-state index is 0.184. The number of amides is 1. The second kappa shape index (κ2) is 4.21. The standard InChI is InChI=1S/C8H14N2O2/c1-12-6-7-3-2-4-10(7)8(11)5-9/h5,7,9H,2-4,6H2,1H3. The Balaban J connectivity index is 2.51. The number of rotatable bonds is 3. The molecule has 4 nitrogen and oxygen atoms in total. The van der Waals surface area contributed by atoms with Gasteiger partial charge in [-0.25, -0.2) is 0 Å². The highest BCUT2D eigenvalue weighted by Gasteiger charge is 2.26. The molecule has 4 heteroatoms. The van der Waals surface area contributed by atoms with Crippen LogP contribution in [0.1, 0.15) is 12.8 Å². The molecule has 1 rings (SSSR count). The van der Waals surface area contributed by atoms with Gasteiger partial charge in [-0.1, -0.05) is 0 Å². The number of nitrogens with zero attached hydrogens (tertiary/aromatic N) is 1. The Hall–Kier alpha value is -0.900. The smallest absolute Gasteiger partial charge is 0.264 e. The van der Waals surface area contributed by atoms with Crippen LogP contribution in [0.2, 0.25) is 0 Å². The van der Waals surface area contributed by atoms with Crippen LogP contribution in [0, 0.1) is 5.41 Å². The van der Waals surface area contributed by atoms with Crippen molar-refractivity contribution in [2.45, 2.75) is 18.9 Å². The molecule has 1 saturated heterocycles. The molecule has 1 amide bonds. The number of hydrogen-bond acceptors (Lipinski definition) is 3. The van der Waals surface area contributed by atoms with Gasteiger partial charge in [0.25, 0.3) is 5.91 Å². The highest BCUT2D eigenvalue weighted by atomic mass is 16.5. The molecule has 1 aliphatic heterocycles. The first kappa shape index (κ1) is 9.19. The van der Waals surface area contributed by atoms with Crippen molar-refractivity contribution < 1.29 is 9.53 Å². The van der Waals surface area contributed by atoms with Crippen molar-refractivity contribution in [1.82, 2.24) is 4.90 Å². The van der Waals surface area contributed by atoms with E-state index in [1.54, 1.807) is 12.0 Å². The molecule has 68 valence electrons. The van der Waals surface area contributed by atoms with Gasteiger partial charge < -0.3 is 15.0 Å². The molecule has 0 aromatic rings. The molecule has 0 bridgehead atoms. The number of hydrogen-bond donors (Lipinski definition) is 1. The Bertz CT molecular complexity index is 182. The van der Waals surface area contributed by atoms with E-state index in [9.17, 15) is 4.79 Å². The monoisotopic (exact) mass is 170 g/mol. The van der Waals surface area contributed by atoms with Gasteiger partial charge in [0.1, 0.15) is 0 Å². The van der Waals surface area contributed by atoms with Crippen molar-refractivity contribution in [2.75, 3.05) is 20.3 Å². The van der Waals surface area contributed by atoms with Crippen LogP contribution in [0.4, 0.5) is 0 Å². The third-order valence-corrected chi connectivity index (χ3v) is 2.14. The summed E-state index contributed by atoms with van der Waals surface area (Å²) < 4.78 is 4.98. The Morgan fingerprint density at radius 3 is 3.17 bits per heavy atom. The highest BCUT2D eigenvalue weighted by molar-refractivity contribution is 6.24. The lowest BCUT2D eigenvalue weighted by Crippen LogP contribution is -2.38. The van der Waals surface area contributed by atoms with Gasteiger partial charge in [0.05, 0.1) is 18.9 Å². The Labute approximate surface area is 72.0 Å². The van der Waals surface area contributed by atoms with Crippen LogP contribution in [0.15, 0.2) is 0 Å². The maximum Gasteiger partial charge on any atom is 0.264 e. The molecular formula is C8H14N2O2. The van der Waals surface area contributed by atoms with Crippen molar-refractivity contribution in [2.24, 2.45) is 0 Å². The van der Waals surface area contributed by atoms with Crippen LogP contribution in [-0.4, -0.2) is 43.3 Å². The summed E-state index contributed by atoms with van der Waals surface area (Å²) in [5.41, 5.74) is 0. The average Bonchev–Trinajstić information content (AvgIpc) is 2.52. The van der Waals surface area contributed by atoms with Gasteiger partial charge >= 0.3 is 0 Å². The van der Waals surface area contributed by atoms with E-state index in [4.69, 9.17) is 10.1 Å². The fourth-order valence-corrected chi connectivity index (χ4v) is 1.57. The maximum atomic E-state index is 11.1. The van der Waals surface area contributed by atoms with Crippen LogP contribution >= 0.6 is 0 Å². The van der Waals surface area contributed by atoms with E-state index in [2.05, 4.69) is 0 Å². The van der Waals surface area contributed by atoms with E-state index in [0.717, 1.165) is 25.6 Å². The molecule has 0 aliphatic carbocycles. The molecule has 0 radical (unpaired) electrons. The summed E-state index contributed by atoms with van der Waals surface area (Å²) in [5, 5.41) is 6.84. The zero-order valence-electron chi connectivity index (χ0n) is 7.25. The second-order valence-corrected chi connectivity index (χ2v) is 2.93. The van der Waals surface area contributed by atoms with Gasteiger partial charge in [0, 0.05) is 13.7 Å². The van der Waals surface area contributed by atoms with Crippen LogP contribution in [0.3, 0.4) is 0 Å². The summed E-state index contributed by atoms with van der Waals surface area (Å²) in [6, 6.07) is 0.184. The Kier molecular flexibility index (Phi) is 3.22. The van der Waals surface area contributed by atoms with Crippen molar-refractivity contribution in [1.29, 1.82) is 5.41 Å². The number of carbonyl (C=O) groups is 1. The van der Waals surface area contributed by atoms with E-state index in [1.165, 1.54) is 0 Å². The van der Waals surface area contributed by atoms with Crippen LogP contribution in [-0.2, 0) is 9.53 Å². The van der Waals surface area contributed by atoms with Gasteiger partial charge in [-0.2, -0.15) is 0 Å². The molecule has 1 fully saturated rings. The fraction of sp³-hybridized carbons (Fsp3) is 0.750. The van der Waals surface area contributed by atoms with Gasteiger partial charge in [-0.3, -0.25) is 4.79 Å². The van der Waals surface area contributed by atoms with Gasteiger partial charge in [0.2, 0.25) is 0 Å². The van der Waals surface area contributed by atoms with Gasteiger partial charge in [-0.05, 0) is 12.8 Å². The zero-order chi connectivity index (χ0) is 8.97. The Morgan fingerprint density at radius 1 is 1.83 bits per heavy atom. The van der Waals surface area contributed by atoms with Crippen molar-refractivity contribution in [3.05, 3.63) is 0 Å². The SMILES string of the molecule is COCC1CCCN1C(=O)C=N. The fourth-order valence-electron chi connectivity index (χ4n) is 1.57. The molecule has 1 unspecified atom stereocenters. The molecule has 1 N–H and O–H groups in total. The normalized spacial score (nSPS) is 22.8. The van der Waals surface area contributed by atoms with Gasteiger partial charge in [0.15, 0.2) is 0 Å². The second-order valence-electron chi connectivity index (χ2n) is 2.93. The maximum absolute atomic E-state index is 11.1. The predicted molar refractivity (Wildman–Crippen MR) is 45.4 cm³/mol. The number of likely N-dealkylation sites (tertiary alicyclic amines) is 1. The van der Waals surface area contributed by atoms with Gasteiger partial charge in [-0.15, -0.1) is 0 Å². The zero-order valence-corrected chi connectivity index (χ0v) is 7.25. The summed E-state index contributed by atoms with van der Waals surface area (Å²) in [4.78, 5) is 12.8. The van der Waals surface area contributed by atoms with E-state index in [-0.39, 0.29) is 11.9 Å². The number of nitrogens with one attached hydrogen (secondary N) is 1. The molecule has 0 aromatic carbocycles. The molecule has 1 aliphatic rings. The first-order valence-corrected chi connectivity index (χ1v) is 4.09. The first-order valence-electron chi connectivity index (χ1n) is 4.09. The quantitative estimate of drug-likeness (QED) is 0.618. The molecule has 0 saturated carbocycles. The minimum Gasteiger partial charge on any atom is -0.383 e. The first-order chi connectivity index (χ1) is 5.79. The molecular weight excluding hydrogens is 156 g/mol. The minimum atomic E-state index is -0.199. The number of ether oxygens (including phenoxy) is 1. The van der Waals surface area contributed by atoms with Crippen LogP contribution in [0.25, 0.3) is 0 Å². The summed E-state index contributed by atoms with van der Waals surface area (Å²) in [6.45, 7) is 1.35. The van der Waals surface area contributed by atoms with E-state index in [1.807, 2.05) is 0 Å². The van der Waals surface area contributed by atoms with Crippen molar-refractivity contribution in [3.8, 4) is 0 Å². The molecule has 1 heterocycles. The summed E-state index contributed by atoms with van der Waals surface area (Å²) in [6.07, 6.45) is 2.88. The average molecular weight is 170 g/mol. The summed E-state index contributed by atoms with van der Waals surface area (Å²) >= 11 is 0. The number of methoxy groups -OCH3 is 1. The molecule has 12 heavy (non-hydrogen) atoms. The van der Waals surface area contributed by atoms with Crippen molar-refractivity contribution in [3.63, 3.8) is 0 Å². The lowest BCUT2D eigenvalue weighted by Gasteiger charge is -2.21. The van der Waals surface area contributed by atoms with Crippen LogP contribution in [0.5, 0.6) is 0 Å². The van der Waals surface area contributed by atoms with E-state index < -0.39 is 0 Å². The predicted octanol–water partition coefficient (Wildman–Crippen LogP) is 0.273. The Morgan fingerprint density at radius 2 is 2.58 bits per heavy atom. The van der Waals surface area contributed by atoms with Crippen molar-refractivity contribution >= 4 is 12.1 Å². The lowest BCUT2D eigenvalue weighted by atomic mass is 10.2. The molecule has 0 aromatic heterocycles. The van der Waals surface area contributed by atoms with E-state index >= 15 is 0 Å². The summed E-state index contributed by atoms with van der Waals surface area (Å²) in [7, 11) is 1.63. The van der Waals surface area contributed by atoms with Crippen LogP contribution < -0.4 is 0 Å². The topological polar surface area (TPSA) is 53.4 Å². The third-order valence-electron chi connectivity index (χ3n) is 2.14. The molecule has 0 spiro atoms.